The van der Waals surface area contributed by atoms with Gasteiger partial charge in [-0.25, -0.2) is 8.78 Å². The standard InChI is InChI=1S/C12H13F2N3O/c1-2-8(15)6-11-16-12(18-17-11)9-4-3-7(13)5-10(9)14/h3-5,8H,2,6,15H2,1H3. The summed E-state index contributed by atoms with van der Waals surface area (Å²) in [6.07, 6.45) is 1.25. The summed E-state index contributed by atoms with van der Waals surface area (Å²) in [6.45, 7) is 1.95. The monoisotopic (exact) mass is 253 g/mol. The van der Waals surface area contributed by atoms with E-state index in [1.54, 1.807) is 0 Å². The minimum absolute atomic E-state index is 0.0332. The van der Waals surface area contributed by atoms with E-state index in [0.29, 0.717) is 12.2 Å². The molecule has 2 N–H and O–H groups in total. The second kappa shape index (κ2) is 5.22. The fraction of sp³-hybridized carbons (Fsp3) is 0.333. The average molecular weight is 253 g/mol. The van der Waals surface area contributed by atoms with Gasteiger partial charge in [0.05, 0.1) is 5.56 Å². The number of rotatable bonds is 4. The molecule has 1 atom stereocenters. The van der Waals surface area contributed by atoms with Gasteiger partial charge in [-0.3, -0.25) is 0 Å². The first-order chi connectivity index (χ1) is 8.60. The largest absolute Gasteiger partial charge is 0.334 e. The van der Waals surface area contributed by atoms with Gasteiger partial charge in [-0.1, -0.05) is 12.1 Å². The number of nitrogens with two attached hydrogens (primary N) is 1. The van der Waals surface area contributed by atoms with Crippen LogP contribution in [0.3, 0.4) is 0 Å². The van der Waals surface area contributed by atoms with Crippen molar-refractivity contribution in [1.29, 1.82) is 0 Å². The first kappa shape index (κ1) is 12.6. The lowest BCUT2D eigenvalue weighted by Crippen LogP contribution is -2.21. The van der Waals surface area contributed by atoms with Crippen LogP contribution in [0.2, 0.25) is 0 Å². The predicted octanol–water partition coefficient (Wildman–Crippen LogP) is 2.29. The molecule has 1 heterocycles. The van der Waals surface area contributed by atoms with Crippen LogP contribution in [0.4, 0.5) is 8.78 Å². The molecular formula is C12H13F2N3O. The zero-order valence-corrected chi connectivity index (χ0v) is 9.86. The maximum Gasteiger partial charge on any atom is 0.260 e. The van der Waals surface area contributed by atoms with Gasteiger partial charge in [0, 0.05) is 18.5 Å². The number of benzene rings is 1. The highest BCUT2D eigenvalue weighted by molar-refractivity contribution is 5.53. The fourth-order valence-corrected chi connectivity index (χ4v) is 1.49. The second-order valence-corrected chi connectivity index (χ2v) is 4.01. The third-order valence-corrected chi connectivity index (χ3v) is 2.60. The molecule has 1 unspecified atom stereocenters. The van der Waals surface area contributed by atoms with Crippen molar-refractivity contribution in [3.05, 3.63) is 35.7 Å². The molecule has 18 heavy (non-hydrogen) atoms. The summed E-state index contributed by atoms with van der Waals surface area (Å²) < 4.78 is 31.2. The van der Waals surface area contributed by atoms with E-state index in [-0.39, 0.29) is 17.5 Å². The van der Waals surface area contributed by atoms with Crippen LogP contribution >= 0.6 is 0 Å². The summed E-state index contributed by atoms with van der Waals surface area (Å²) in [7, 11) is 0. The number of aromatic nitrogens is 2. The van der Waals surface area contributed by atoms with Crippen LogP contribution in [0.15, 0.2) is 22.7 Å². The summed E-state index contributed by atoms with van der Waals surface area (Å²) in [5.41, 5.74) is 5.84. The van der Waals surface area contributed by atoms with Gasteiger partial charge in [0.2, 0.25) is 0 Å². The Labute approximate surface area is 103 Å². The van der Waals surface area contributed by atoms with Crippen molar-refractivity contribution in [1.82, 2.24) is 10.1 Å². The molecule has 0 saturated carbocycles. The van der Waals surface area contributed by atoms with Gasteiger partial charge in [-0.05, 0) is 18.6 Å². The molecule has 0 saturated heterocycles. The van der Waals surface area contributed by atoms with Crippen molar-refractivity contribution in [3.63, 3.8) is 0 Å². The van der Waals surface area contributed by atoms with Crippen molar-refractivity contribution in [3.8, 4) is 11.5 Å². The molecule has 0 aliphatic carbocycles. The molecule has 0 aliphatic rings. The fourth-order valence-electron chi connectivity index (χ4n) is 1.49. The zero-order valence-electron chi connectivity index (χ0n) is 9.86. The Bertz CT molecular complexity index is 542. The molecule has 0 bridgehead atoms. The number of hydrogen-bond acceptors (Lipinski definition) is 4. The molecule has 0 amide bonds. The Kier molecular flexibility index (Phi) is 3.66. The normalized spacial score (nSPS) is 12.7. The Balaban J connectivity index is 2.24. The highest BCUT2D eigenvalue weighted by Gasteiger charge is 2.15. The van der Waals surface area contributed by atoms with E-state index in [0.717, 1.165) is 18.6 Å². The smallest absolute Gasteiger partial charge is 0.260 e. The molecule has 0 fully saturated rings. The van der Waals surface area contributed by atoms with Crippen LogP contribution in [-0.2, 0) is 6.42 Å². The molecule has 0 spiro atoms. The van der Waals surface area contributed by atoms with Crippen molar-refractivity contribution in [2.45, 2.75) is 25.8 Å². The van der Waals surface area contributed by atoms with E-state index < -0.39 is 11.6 Å². The van der Waals surface area contributed by atoms with Crippen LogP contribution in [0.25, 0.3) is 11.5 Å². The van der Waals surface area contributed by atoms with E-state index in [1.165, 1.54) is 6.07 Å². The number of halogens is 2. The molecule has 96 valence electrons. The van der Waals surface area contributed by atoms with Gasteiger partial charge >= 0.3 is 0 Å². The first-order valence-electron chi connectivity index (χ1n) is 5.63. The van der Waals surface area contributed by atoms with Gasteiger partial charge in [0.1, 0.15) is 11.6 Å². The quantitative estimate of drug-likeness (QED) is 0.907. The second-order valence-electron chi connectivity index (χ2n) is 4.01. The summed E-state index contributed by atoms with van der Waals surface area (Å²) >= 11 is 0. The predicted molar refractivity (Wildman–Crippen MR) is 61.6 cm³/mol. The topological polar surface area (TPSA) is 64.9 Å². The molecule has 4 nitrogen and oxygen atoms in total. The number of hydrogen-bond donors (Lipinski definition) is 1. The molecule has 2 aromatic rings. The van der Waals surface area contributed by atoms with Gasteiger partial charge < -0.3 is 10.3 Å². The Morgan fingerprint density at radius 3 is 2.83 bits per heavy atom. The van der Waals surface area contributed by atoms with Crippen LogP contribution in [0.1, 0.15) is 19.2 Å². The molecule has 0 radical (unpaired) electrons. The van der Waals surface area contributed by atoms with Crippen LogP contribution in [0.5, 0.6) is 0 Å². The molecular weight excluding hydrogens is 240 g/mol. The molecule has 0 aliphatic heterocycles. The van der Waals surface area contributed by atoms with E-state index in [9.17, 15) is 8.78 Å². The molecule has 6 heteroatoms. The van der Waals surface area contributed by atoms with Crippen LogP contribution in [-0.4, -0.2) is 16.2 Å². The van der Waals surface area contributed by atoms with Crippen LogP contribution < -0.4 is 5.73 Å². The minimum Gasteiger partial charge on any atom is -0.334 e. The third-order valence-electron chi connectivity index (χ3n) is 2.60. The molecule has 2 rings (SSSR count). The van der Waals surface area contributed by atoms with Crippen molar-refractivity contribution >= 4 is 0 Å². The van der Waals surface area contributed by atoms with E-state index in [2.05, 4.69) is 10.1 Å². The van der Waals surface area contributed by atoms with E-state index >= 15 is 0 Å². The first-order valence-corrected chi connectivity index (χ1v) is 5.63. The van der Waals surface area contributed by atoms with Gasteiger partial charge in [-0.2, -0.15) is 4.98 Å². The lowest BCUT2D eigenvalue weighted by Gasteiger charge is -2.02. The lowest BCUT2D eigenvalue weighted by molar-refractivity contribution is 0.416. The van der Waals surface area contributed by atoms with Gasteiger partial charge in [0.15, 0.2) is 5.82 Å². The SMILES string of the molecule is CCC(N)Cc1noc(-c2ccc(F)cc2F)n1. The van der Waals surface area contributed by atoms with Crippen molar-refractivity contribution < 1.29 is 13.3 Å². The minimum atomic E-state index is -0.731. The lowest BCUT2D eigenvalue weighted by atomic mass is 10.1. The summed E-state index contributed by atoms with van der Waals surface area (Å²) in [5.74, 6) is -0.928. The summed E-state index contributed by atoms with van der Waals surface area (Å²) in [6, 6.07) is 3.12. The van der Waals surface area contributed by atoms with Crippen LogP contribution in [0, 0.1) is 11.6 Å². The number of nitrogens with zero attached hydrogens (tertiary/aromatic N) is 2. The summed E-state index contributed by atoms with van der Waals surface area (Å²) in [4.78, 5) is 4.04. The Morgan fingerprint density at radius 1 is 1.39 bits per heavy atom. The Hall–Kier alpha value is -1.82. The highest BCUT2D eigenvalue weighted by Crippen LogP contribution is 2.21. The Morgan fingerprint density at radius 2 is 2.17 bits per heavy atom. The van der Waals surface area contributed by atoms with E-state index in [1.807, 2.05) is 6.92 Å². The summed E-state index contributed by atoms with van der Waals surface area (Å²) in [5, 5.41) is 3.72. The highest BCUT2D eigenvalue weighted by atomic mass is 19.1. The maximum absolute atomic E-state index is 13.5. The third kappa shape index (κ3) is 2.70. The molecule has 1 aromatic carbocycles. The van der Waals surface area contributed by atoms with Gasteiger partial charge in [-0.15, -0.1) is 0 Å². The maximum atomic E-state index is 13.5. The van der Waals surface area contributed by atoms with Crippen molar-refractivity contribution in [2.75, 3.05) is 0 Å². The van der Waals surface area contributed by atoms with Gasteiger partial charge in [0.25, 0.3) is 5.89 Å². The molecule has 1 aromatic heterocycles. The van der Waals surface area contributed by atoms with Crippen molar-refractivity contribution in [2.24, 2.45) is 5.73 Å². The zero-order chi connectivity index (χ0) is 13.1. The average Bonchev–Trinajstić information content (AvgIpc) is 2.77. The van der Waals surface area contributed by atoms with E-state index in [4.69, 9.17) is 10.3 Å².